The number of halogens is 1. The zero-order valence-electron chi connectivity index (χ0n) is 14.2. The lowest BCUT2D eigenvalue weighted by atomic mass is 10.1. The smallest absolute Gasteiger partial charge is 0.225 e. The van der Waals surface area contributed by atoms with Gasteiger partial charge in [-0.15, -0.1) is 0 Å². The first-order valence-electron chi connectivity index (χ1n) is 8.45. The van der Waals surface area contributed by atoms with Crippen LogP contribution in [0.3, 0.4) is 0 Å². The Morgan fingerprint density at radius 2 is 2.00 bits per heavy atom. The molecule has 1 aromatic heterocycles. The maximum absolute atomic E-state index is 12.0. The van der Waals surface area contributed by atoms with Crippen LogP contribution >= 0.6 is 11.6 Å². The quantitative estimate of drug-likeness (QED) is 0.554. The number of carbonyl (C=O) groups is 1. The van der Waals surface area contributed by atoms with Gasteiger partial charge in [0, 0.05) is 40.8 Å². The van der Waals surface area contributed by atoms with Crippen molar-refractivity contribution in [3.05, 3.63) is 64.8 Å². The lowest BCUT2D eigenvalue weighted by molar-refractivity contribution is -0.116. The summed E-state index contributed by atoms with van der Waals surface area (Å²) in [6.07, 6.45) is 3.42. The van der Waals surface area contributed by atoms with Gasteiger partial charge in [0.25, 0.3) is 0 Å². The van der Waals surface area contributed by atoms with E-state index in [-0.39, 0.29) is 5.91 Å². The van der Waals surface area contributed by atoms with Gasteiger partial charge in [0.15, 0.2) is 0 Å². The number of aryl methyl sites for hydroxylation is 1. The largest absolute Gasteiger partial charge is 0.361 e. The van der Waals surface area contributed by atoms with Gasteiger partial charge in [-0.2, -0.15) is 0 Å². The average molecular weight is 356 g/mol. The van der Waals surface area contributed by atoms with Crippen molar-refractivity contribution < 1.29 is 4.79 Å². The van der Waals surface area contributed by atoms with E-state index in [1.807, 2.05) is 25.1 Å². The van der Waals surface area contributed by atoms with Crippen LogP contribution in [0.4, 0.5) is 5.69 Å². The van der Waals surface area contributed by atoms with Crippen LogP contribution in [0.2, 0.25) is 5.02 Å². The van der Waals surface area contributed by atoms with Gasteiger partial charge in [-0.05, 0) is 49.2 Å². The predicted octanol–water partition coefficient (Wildman–Crippen LogP) is 4.29. The number of carbonyl (C=O) groups excluding carboxylic acids is 1. The first kappa shape index (κ1) is 17.5. The summed E-state index contributed by atoms with van der Waals surface area (Å²) in [5, 5.41) is 8.12. The van der Waals surface area contributed by atoms with Crippen LogP contribution in [0.1, 0.15) is 17.5 Å². The molecule has 1 amide bonds. The van der Waals surface area contributed by atoms with Crippen molar-refractivity contribution in [1.82, 2.24) is 10.3 Å². The van der Waals surface area contributed by atoms with Crippen LogP contribution in [-0.2, 0) is 11.2 Å². The fourth-order valence-electron chi connectivity index (χ4n) is 2.78. The van der Waals surface area contributed by atoms with E-state index >= 15 is 0 Å². The molecule has 0 saturated heterocycles. The first-order valence-corrected chi connectivity index (χ1v) is 8.83. The molecule has 0 bridgehead atoms. The van der Waals surface area contributed by atoms with Crippen LogP contribution in [0.25, 0.3) is 10.9 Å². The zero-order valence-corrected chi connectivity index (χ0v) is 15.0. The standard InChI is InChI=1S/C20H22ClN3O/c1-14-6-7-16(12-18(14)21)24-20(25)9-11-22-10-8-15-13-23-19-5-3-2-4-17(15)19/h2-7,12-13,22-23H,8-11H2,1H3,(H,24,25). The van der Waals surface area contributed by atoms with E-state index in [0.717, 1.165) is 29.7 Å². The normalized spacial score (nSPS) is 11.0. The number of hydrogen-bond acceptors (Lipinski definition) is 2. The summed E-state index contributed by atoms with van der Waals surface area (Å²) < 4.78 is 0. The molecule has 0 aliphatic carbocycles. The van der Waals surface area contributed by atoms with Gasteiger partial charge in [0.05, 0.1) is 0 Å². The molecule has 0 unspecified atom stereocenters. The minimum atomic E-state index is -0.0143. The van der Waals surface area contributed by atoms with Crippen LogP contribution < -0.4 is 10.6 Å². The fraction of sp³-hybridized carbons (Fsp3) is 0.250. The van der Waals surface area contributed by atoms with Crippen molar-refractivity contribution in [3.63, 3.8) is 0 Å². The van der Waals surface area contributed by atoms with Crippen molar-refractivity contribution in [1.29, 1.82) is 0 Å². The number of amides is 1. The van der Waals surface area contributed by atoms with Gasteiger partial charge >= 0.3 is 0 Å². The SMILES string of the molecule is Cc1ccc(NC(=O)CCNCCc2c[nH]c3ccccc23)cc1Cl. The molecule has 0 aliphatic heterocycles. The van der Waals surface area contributed by atoms with Crippen molar-refractivity contribution in [2.45, 2.75) is 19.8 Å². The molecular formula is C20H22ClN3O. The highest BCUT2D eigenvalue weighted by atomic mass is 35.5. The van der Waals surface area contributed by atoms with E-state index in [9.17, 15) is 4.79 Å². The number of para-hydroxylation sites is 1. The second-order valence-electron chi connectivity index (χ2n) is 6.12. The second-order valence-corrected chi connectivity index (χ2v) is 6.53. The Labute approximate surface area is 152 Å². The van der Waals surface area contributed by atoms with Crippen LogP contribution in [0.5, 0.6) is 0 Å². The highest BCUT2D eigenvalue weighted by Crippen LogP contribution is 2.20. The Morgan fingerprint density at radius 3 is 2.84 bits per heavy atom. The number of rotatable bonds is 7. The van der Waals surface area contributed by atoms with E-state index in [1.165, 1.54) is 10.9 Å². The average Bonchev–Trinajstić information content (AvgIpc) is 3.01. The molecule has 0 spiro atoms. The van der Waals surface area contributed by atoms with E-state index in [0.29, 0.717) is 18.0 Å². The van der Waals surface area contributed by atoms with Crippen molar-refractivity contribution in [2.75, 3.05) is 18.4 Å². The van der Waals surface area contributed by atoms with Crippen LogP contribution in [0.15, 0.2) is 48.7 Å². The topological polar surface area (TPSA) is 56.9 Å². The van der Waals surface area contributed by atoms with Gasteiger partial charge in [-0.25, -0.2) is 0 Å². The molecule has 130 valence electrons. The molecule has 1 heterocycles. The second kappa shape index (κ2) is 8.19. The van der Waals surface area contributed by atoms with Gasteiger partial charge in [-0.3, -0.25) is 4.79 Å². The molecule has 0 saturated carbocycles. The van der Waals surface area contributed by atoms with Gasteiger partial charge in [0.1, 0.15) is 0 Å². The summed E-state index contributed by atoms with van der Waals surface area (Å²) in [4.78, 5) is 15.3. The highest BCUT2D eigenvalue weighted by Gasteiger charge is 2.05. The fourth-order valence-corrected chi connectivity index (χ4v) is 2.96. The van der Waals surface area contributed by atoms with Crippen molar-refractivity contribution in [3.8, 4) is 0 Å². The number of nitrogens with one attached hydrogen (secondary N) is 3. The third-order valence-corrected chi connectivity index (χ3v) is 4.64. The molecule has 3 N–H and O–H groups in total. The molecule has 4 nitrogen and oxygen atoms in total. The molecule has 25 heavy (non-hydrogen) atoms. The van der Waals surface area contributed by atoms with E-state index in [4.69, 9.17) is 11.6 Å². The highest BCUT2D eigenvalue weighted by molar-refractivity contribution is 6.31. The van der Waals surface area contributed by atoms with Gasteiger partial charge in [0.2, 0.25) is 5.91 Å². The van der Waals surface area contributed by atoms with E-state index in [2.05, 4.69) is 40.0 Å². The summed E-state index contributed by atoms with van der Waals surface area (Å²) in [6, 6.07) is 13.8. The number of aromatic nitrogens is 1. The molecular weight excluding hydrogens is 334 g/mol. The van der Waals surface area contributed by atoms with Gasteiger partial charge < -0.3 is 15.6 Å². The zero-order chi connectivity index (χ0) is 17.6. The Balaban J connectivity index is 1.39. The van der Waals surface area contributed by atoms with E-state index < -0.39 is 0 Å². The van der Waals surface area contributed by atoms with Crippen LogP contribution in [0, 0.1) is 6.92 Å². The van der Waals surface area contributed by atoms with Crippen molar-refractivity contribution >= 4 is 34.1 Å². The third-order valence-electron chi connectivity index (χ3n) is 4.23. The van der Waals surface area contributed by atoms with Crippen LogP contribution in [-0.4, -0.2) is 24.0 Å². The number of hydrogen-bond donors (Lipinski definition) is 3. The first-order chi connectivity index (χ1) is 12.1. The summed E-state index contributed by atoms with van der Waals surface area (Å²) in [5.41, 5.74) is 4.19. The van der Waals surface area contributed by atoms with Crippen molar-refractivity contribution in [2.24, 2.45) is 0 Å². The minimum absolute atomic E-state index is 0.0143. The Hall–Kier alpha value is -2.30. The Bertz CT molecular complexity index is 872. The lowest BCUT2D eigenvalue weighted by Gasteiger charge is -2.08. The molecule has 5 heteroatoms. The molecule has 0 atom stereocenters. The summed E-state index contributed by atoms with van der Waals surface area (Å²) in [5.74, 6) is -0.0143. The number of H-pyrrole nitrogens is 1. The maximum atomic E-state index is 12.0. The molecule has 0 fully saturated rings. The summed E-state index contributed by atoms with van der Waals surface area (Å²) >= 11 is 6.07. The number of anilines is 1. The predicted molar refractivity (Wildman–Crippen MR) is 104 cm³/mol. The van der Waals surface area contributed by atoms with Gasteiger partial charge in [-0.1, -0.05) is 35.9 Å². The molecule has 3 aromatic rings. The summed E-state index contributed by atoms with van der Waals surface area (Å²) in [7, 11) is 0. The Kier molecular flexibility index (Phi) is 5.74. The Morgan fingerprint density at radius 1 is 1.16 bits per heavy atom. The number of aromatic amines is 1. The number of fused-ring (bicyclic) bond motifs is 1. The molecule has 3 rings (SSSR count). The third kappa shape index (κ3) is 4.62. The summed E-state index contributed by atoms with van der Waals surface area (Å²) in [6.45, 7) is 3.42. The minimum Gasteiger partial charge on any atom is -0.361 e. The molecule has 0 radical (unpaired) electrons. The number of benzene rings is 2. The lowest BCUT2D eigenvalue weighted by Crippen LogP contribution is -2.23. The molecule has 0 aliphatic rings. The molecule has 2 aromatic carbocycles. The maximum Gasteiger partial charge on any atom is 0.225 e. The van der Waals surface area contributed by atoms with E-state index in [1.54, 1.807) is 6.07 Å². The monoisotopic (exact) mass is 355 g/mol.